The van der Waals surface area contributed by atoms with Gasteiger partial charge in [-0.1, -0.05) is 64.8 Å². The van der Waals surface area contributed by atoms with Gasteiger partial charge in [-0.25, -0.2) is 0 Å². The van der Waals surface area contributed by atoms with Gasteiger partial charge in [0.1, 0.15) is 23.0 Å². The molecular weight excluding hydrogens is 456 g/mol. The lowest BCUT2D eigenvalue weighted by Gasteiger charge is -2.26. The Balaban J connectivity index is 1.45. The standard InChI is InChI=1S/C33H38N2O2/c1-5-7-23-21-29(17-19-31(23)34)36-27-13-9-25(10-14-27)33(3,4)26-11-15-28(16-12-26)37-30-18-20-32(35)24(22-30)8-6-2/h9-22H,5-8,34-35H2,1-4H3. The number of ether oxygens (including phenoxy) is 2. The molecule has 0 atom stereocenters. The maximum absolute atomic E-state index is 6.12. The molecule has 4 heteroatoms. The van der Waals surface area contributed by atoms with Crippen LogP contribution in [0.15, 0.2) is 84.9 Å². The van der Waals surface area contributed by atoms with E-state index in [-0.39, 0.29) is 5.41 Å². The molecule has 4 rings (SSSR count). The van der Waals surface area contributed by atoms with Crippen LogP contribution >= 0.6 is 0 Å². The maximum atomic E-state index is 6.12. The number of anilines is 2. The molecule has 0 amide bonds. The van der Waals surface area contributed by atoms with Gasteiger partial charge in [-0.05, 0) is 95.8 Å². The van der Waals surface area contributed by atoms with Crippen molar-refractivity contribution in [1.29, 1.82) is 0 Å². The second-order valence-corrected chi connectivity index (χ2v) is 10.1. The minimum atomic E-state index is -0.179. The summed E-state index contributed by atoms with van der Waals surface area (Å²) in [4.78, 5) is 0. The molecule has 4 aromatic carbocycles. The summed E-state index contributed by atoms with van der Waals surface area (Å²) in [7, 11) is 0. The van der Waals surface area contributed by atoms with Crippen molar-refractivity contribution >= 4 is 11.4 Å². The Hall–Kier alpha value is -3.92. The Morgan fingerprint density at radius 2 is 0.892 bits per heavy atom. The minimum Gasteiger partial charge on any atom is -0.457 e. The summed E-state index contributed by atoms with van der Waals surface area (Å²) in [6, 6.07) is 28.4. The fourth-order valence-corrected chi connectivity index (χ4v) is 4.58. The van der Waals surface area contributed by atoms with Crippen LogP contribution < -0.4 is 20.9 Å². The highest BCUT2D eigenvalue weighted by atomic mass is 16.5. The van der Waals surface area contributed by atoms with E-state index in [1.54, 1.807) is 0 Å². The van der Waals surface area contributed by atoms with E-state index < -0.39 is 0 Å². The summed E-state index contributed by atoms with van der Waals surface area (Å²) in [5.41, 5.74) is 18.3. The topological polar surface area (TPSA) is 70.5 Å². The molecule has 4 N–H and O–H groups in total. The molecule has 0 aliphatic rings. The largest absolute Gasteiger partial charge is 0.457 e. The molecule has 0 aromatic heterocycles. The molecule has 0 heterocycles. The number of nitrogens with two attached hydrogens (primary N) is 2. The first kappa shape index (κ1) is 26.2. The number of rotatable bonds is 10. The second-order valence-electron chi connectivity index (χ2n) is 10.1. The molecule has 0 aliphatic heterocycles. The van der Waals surface area contributed by atoms with Crippen LogP contribution in [-0.2, 0) is 18.3 Å². The Labute approximate surface area is 221 Å². The third-order valence-corrected chi connectivity index (χ3v) is 6.89. The molecule has 0 saturated heterocycles. The van der Waals surface area contributed by atoms with Gasteiger partial charge in [0.05, 0.1) is 0 Å². The lowest BCUT2D eigenvalue weighted by molar-refractivity contribution is 0.480. The number of benzene rings is 4. The molecule has 0 bridgehead atoms. The summed E-state index contributed by atoms with van der Waals surface area (Å²) >= 11 is 0. The van der Waals surface area contributed by atoms with E-state index in [0.29, 0.717) is 0 Å². The lowest BCUT2D eigenvalue weighted by Crippen LogP contribution is -2.18. The highest BCUT2D eigenvalue weighted by Gasteiger charge is 2.23. The monoisotopic (exact) mass is 494 g/mol. The van der Waals surface area contributed by atoms with Crippen molar-refractivity contribution in [2.24, 2.45) is 0 Å². The fraction of sp³-hybridized carbons (Fsp3) is 0.273. The van der Waals surface area contributed by atoms with Crippen molar-refractivity contribution in [2.45, 2.75) is 58.8 Å². The average molecular weight is 495 g/mol. The van der Waals surface area contributed by atoms with Gasteiger partial charge in [-0.15, -0.1) is 0 Å². The fourth-order valence-electron chi connectivity index (χ4n) is 4.58. The Bertz CT molecular complexity index is 1220. The molecule has 0 fully saturated rings. The molecule has 0 radical (unpaired) electrons. The van der Waals surface area contributed by atoms with Crippen LogP contribution in [0.25, 0.3) is 0 Å². The lowest BCUT2D eigenvalue weighted by atomic mass is 9.78. The zero-order chi connectivity index (χ0) is 26.4. The van der Waals surface area contributed by atoms with E-state index in [1.807, 2.05) is 60.7 Å². The Kier molecular flexibility index (Phi) is 8.08. The Morgan fingerprint density at radius 3 is 1.24 bits per heavy atom. The molecule has 0 aliphatic carbocycles. The van der Waals surface area contributed by atoms with Crippen molar-refractivity contribution in [1.82, 2.24) is 0 Å². The van der Waals surface area contributed by atoms with E-state index in [1.165, 1.54) is 11.1 Å². The summed E-state index contributed by atoms with van der Waals surface area (Å²) in [6.45, 7) is 8.76. The van der Waals surface area contributed by atoms with Crippen LogP contribution in [0.1, 0.15) is 62.8 Å². The summed E-state index contributed by atoms with van der Waals surface area (Å²) < 4.78 is 12.2. The first-order chi connectivity index (χ1) is 17.8. The quantitative estimate of drug-likeness (QED) is 0.216. The predicted molar refractivity (Wildman–Crippen MR) is 155 cm³/mol. The van der Waals surface area contributed by atoms with Gasteiger partial charge in [0.2, 0.25) is 0 Å². The van der Waals surface area contributed by atoms with Gasteiger partial charge in [0.15, 0.2) is 0 Å². The molecule has 0 unspecified atom stereocenters. The minimum absolute atomic E-state index is 0.179. The molecule has 4 aromatic rings. The summed E-state index contributed by atoms with van der Waals surface area (Å²) in [5, 5.41) is 0. The number of hydrogen-bond acceptors (Lipinski definition) is 4. The molecular formula is C33H38N2O2. The van der Waals surface area contributed by atoms with Crippen LogP contribution in [0.4, 0.5) is 11.4 Å². The van der Waals surface area contributed by atoms with Crippen molar-refractivity contribution in [3.8, 4) is 23.0 Å². The molecule has 0 spiro atoms. The number of nitrogen functional groups attached to an aromatic ring is 2. The third kappa shape index (κ3) is 6.26. The van der Waals surface area contributed by atoms with Crippen LogP contribution in [0.5, 0.6) is 23.0 Å². The normalized spacial score (nSPS) is 11.4. The molecule has 192 valence electrons. The van der Waals surface area contributed by atoms with Crippen LogP contribution in [-0.4, -0.2) is 0 Å². The van der Waals surface area contributed by atoms with Crippen molar-refractivity contribution in [2.75, 3.05) is 11.5 Å². The molecule has 4 nitrogen and oxygen atoms in total. The first-order valence-electron chi connectivity index (χ1n) is 13.1. The summed E-state index contributed by atoms with van der Waals surface area (Å²) in [6.07, 6.45) is 3.98. The molecule has 0 saturated carbocycles. The SMILES string of the molecule is CCCc1cc(Oc2ccc(C(C)(C)c3ccc(Oc4ccc(N)c(CCC)c4)cc3)cc2)ccc1N. The van der Waals surface area contributed by atoms with Gasteiger partial charge in [0, 0.05) is 16.8 Å². The second kappa shape index (κ2) is 11.4. The average Bonchev–Trinajstić information content (AvgIpc) is 2.89. The predicted octanol–water partition coefficient (Wildman–Crippen LogP) is 8.67. The Morgan fingerprint density at radius 1 is 0.541 bits per heavy atom. The van der Waals surface area contributed by atoms with Crippen LogP contribution in [0.3, 0.4) is 0 Å². The zero-order valence-electron chi connectivity index (χ0n) is 22.4. The van der Waals surface area contributed by atoms with E-state index in [2.05, 4.69) is 52.0 Å². The van der Waals surface area contributed by atoms with Crippen molar-refractivity contribution in [3.05, 3.63) is 107 Å². The maximum Gasteiger partial charge on any atom is 0.127 e. The van der Waals surface area contributed by atoms with Crippen LogP contribution in [0, 0.1) is 0 Å². The van der Waals surface area contributed by atoms with Crippen molar-refractivity contribution < 1.29 is 9.47 Å². The van der Waals surface area contributed by atoms with Gasteiger partial charge in [0.25, 0.3) is 0 Å². The smallest absolute Gasteiger partial charge is 0.127 e. The molecule has 37 heavy (non-hydrogen) atoms. The van der Waals surface area contributed by atoms with E-state index in [9.17, 15) is 0 Å². The number of hydrogen-bond donors (Lipinski definition) is 2. The van der Waals surface area contributed by atoms with E-state index in [0.717, 1.165) is 71.2 Å². The third-order valence-electron chi connectivity index (χ3n) is 6.89. The van der Waals surface area contributed by atoms with E-state index in [4.69, 9.17) is 20.9 Å². The van der Waals surface area contributed by atoms with Gasteiger partial charge in [-0.2, -0.15) is 0 Å². The summed E-state index contributed by atoms with van der Waals surface area (Å²) in [5.74, 6) is 3.23. The highest BCUT2D eigenvalue weighted by molar-refractivity contribution is 5.53. The van der Waals surface area contributed by atoms with Gasteiger partial charge in [-0.3, -0.25) is 0 Å². The number of aryl methyl sites for hydroxylation is 2. The highest BCUT2D eigenvalue weighted by Crippen LogP contribution is 2.35. The first-order valence-corrected chi connectivity index (χ1v) is 13.1. The zero-order valence-corrected chi connectivity index (χ0v) is 22.4. The van der Waals surface area contributed by atoms with Crippen molar-refractivity contribution in [3.63, 3.8) is 0 Å². The van der Waals surface area contributed by atoms with E-state index >= 15 is 0 Å². The van der Waals surface area contributed by atoms with Gasteiger partial charge >= 0.3 is 0 Å². The van der Waals surface area contributed by atoms with Crippen LogP contribution in [0.2, 0.25) is 0 Å². The van der Waals surface area contributed by atoms with Gasteiger partial charge < -0.3 is 20.9 Å².